The van der Waals surface area contributed by atoms with Crippen LogP contribution in [0.4, 0.5) is 10.1 Å². The fraction of sp³-hybridized carbons (Fsp3) is 0.154. The van der Waals surface area contributed by atoms with Crippen molar-refractivity contribution in [1.29, 1.82) is 0 Å². The van der Waals surface area contributed by atoms with Crippen molar-refractivity contribution < 1.29 is 28.6 Å². The quantitative estimate of drug-likeness (QED) is 0.253. The number of aliphatic hydroxyl groups excluding tert-OH is 1. The number of methoxy groups -OCH3 is 2. The molecule has 1 atom stereocenters. The summed E-state index contributed by atoms with van der Waals surface area (Å²) in [6.07, 6.45) is 0. The first-order valence-corrected chi connectivity index (χ1v) is 11.2. The van der Waals surface area contributed by atoms with Gasteiger partial charge in [-0.15, -0.1) is 0 Å². The van der Waals surface area contributed by atoms with E-state index in [-0.39, 0.29) is 38.2 Å². The van der Waals surface area contributed by atoms with Crippen LogP contribution < -0.4 is 14.4 Å². The predicted octanol–water partition coefficient (Wildman–Crippen LogP) is 6.08. The Morgan fingerprint density at radius 2 is 1.63 bits per heavy atom. The first kappa shape index (κ1) is 24.6. The third kappa shape index (κ3) is 4.11. The second kappa shape index (κ2) is 9.60. The molecule has 0 aromatic heterocycles. The van der Waals surface area contributed by atoms with Crippen molar-refractivity contribution in [2.45, 2.75) is 13.0 Å². The van der Waals surface area contributed by atoms with E-state index in [0.717, 1.165) is 10.5 Å². The lowest BCUT2D eigenvalue weighted by Gasteiger charge is -2.26. The highest BCUT2D eigenvalue weighted by Gasteiger charge is 2.48. The van der Waals surface area contributed by atoms with Crippen molar-refractivity contribution in [3.63, 3.8) is 0 Å². The van der Waals surface area contributed by atoms with Crippen LogP contribution >= 0.6 is 23.2 Å². The molecule has 35 heavy (non-hydrogen) atoms. The number of aliphatic hydroxyl groups is 1. The van der Waals surface area contributed by atoms with Gasteiger partial charge in [-0.25, -0.2) is 4.39 Å². The molecule has 3 aromatic carbocycles. The fourth-order valence-electron chi connectivity index (χ4n) is 4.09. The van der Waals surface area contributed by atoms with E-state index in [4.69, 9.17) is 32.7 Å². The predicted molar refractivity (Wildman–Crippen MR) is 132 cm³/mol. The Labute approximate surface area is 211 Å². The Hall–Kier alpha value is -3.55. The Kier molecular flexibility index (Phi) is 6.74. The van der Waals surface area contributed by atoms with Gasteiger partial charge in [0.1, 0.15) is 16.6 Å². The average molecular weight is 516 g/mol. The lowest BCUT2D eigenvalue weighted by molar-refractivity contribution is -0.132. The number of ketones is 1. The summed E-state index contributed by atoms with van der Waals surface area (Å²) >= 11 is 12.6. The first-order valence-electron chi connectivity index (χ1n) is 10.4. The summed E-state index contributed by atoms with van der Waals surface area (Å²) in [7, 11) is 2.67. The molecular formula is C26H20Cl2FNO5. The topological polar surface area (TPSA) is 76.1 Å². The highest BCUT2D eigenvalue weighted by Crippen LogP contribution is 2.48. The minimum Gasteiger partial charge on any atom is -0.507 e. The van der Waals surface area contributed by atoms with Crippen LogP contribution in [0.25, 0.3) is 5.76 Å². The number of amides is 1. The van der Waals surface area contributed by atoms with E-state index in [2.05, 4.69) is 0 Å². The zero-order chi connectivity index (χ0) is 25.4. The maximum Gasteiger partial charge on any atom is 0.300 e. The van der Waals surface area contributed by atoms with Gasteiger partial charge in [0.05, 0.1) is 36.4 Å². The number of nitrogens with zero attached hydrogens (tertiary/aromatic N) is 1. The molecule has 1 heterocycles. The summed E-state index contributed by atoms with van der Waals surface area (Å²) in [6.45, 7) is 1.87. The molecule has 1 aliphatic rings. The van der Waals surface area contributed by atoms with Gasteiger partial charge in [-0.2, -0.15) is 0 Å². The number of Topliss-reactive ketones (excluding diaryl/α,β-unsaturated/α-hetero) is 1. The van der Waals surface area contributed by atoms with Gasteiger partial charge < -0.3 is 14.6 Å². The van der Waals surface area contributed by atoms with Crippen molar-refractivity contribution in [2.24, 2.45) is 0 Å². The molecule has 1 saturated heterocycles. The summed E-state index contributed by atoms with van der Waals surface area (Å²) in [4.78, 5) is 27.7. The lowest BCUT2D eigenvalue weighted by atomic mass is 9.94. The second-order valence-corrected chi connectivity index (χ2v) is 8.60. The minimum atomic E-state index is -1.26. The Balaban J connectivity index is 2.03. The van der Waals surface area contributed by atoms with Crippen LogP contribution in [-0.4, -0.2) is 31.0 Å². The van der Waals surface area contributed by atoms with Crippen molar-refractivity contribution in [2.75, 3.05) is 19.1 Å². The molecule has 4 rings (SSSR count). The molecule has 1 N–H and O–H groups in total. The monoisotopic (exact) mass is 515 g/mol. The number of rotatable bonds is 5. The number of halogens is 3. The van der Waals surface area contributed by atoms with Gasteiger partial charge in [0.2, 0.25) is 0 Å². The molecule has 0 aliphatic carbocycles. The largest absolute Gasteiger partial charge is 0.507 e. The van der Waals surface area contributed by atoms with E-state index in [1.807, 2.05) is 6.92 Å². The molecule has 180 valence electrons. The van der Waals surface area contributed by atoms with Crippen molar-refractivity contribution >= 4 is 46.3 Å². The molecule has 6 nitrogen and oxygen atoms in total. The number of hydrogen-bond donors (Lipinski definition) is 1. The van der Waals surface area contributed by atoms with Crippen LogP contribution in [-0.2, 0) is 9.59 Å². The molecule has 9 heteroatoms. The molecular weight excluding hydrogens is 496 g/mol. The van der Waals surface area contributed by atoms with E-state index >= 15 is 4.39 Å². The third-order valence-corrected chi connectivity index (χ3v) is 6.38. The van der Waals surface area contributed by atoms with Crippen molar-refractivity contribution in [3.8, 4) is 11.5 Å². The van der Waals surface area contributed by atoms with E-state index in [0.29, 0.717) is 5.69 Å². The van der Waals surface area contributed by atoms with Gasteiger partial charge in [0, 0.05) is 11.3 Å². The molecule has 3 aromatic rings. The van der Waals surface area contributed by atoms with Crippen molar-refractivity contribution in [1.82, 2.24) is 0 Å². The van der Waals surface area contributed by atoms with Gasteiger partial charge in [-0.1, -0.05) is 59.1 Å². The lowest BCUT2D eigenvalue weighted by Crippen LogP contribution is -2.29. The molecule has 0 saturated carbocycles. The zero-order valence-corrected chi connectivity index (χ0v) is 20.4. The summed E-state index contributed by atoms with van der Waals surface area (Å²) in [5.74, 6) is -3.11. The number of carbonyl (C=O) groups excluding carboxylic acids is 2. The molecule has 0 bridgehead atoms. The Morgan fingerprint density at radius 3 is 2.23 bits per heavy atom. The smallest absolute Gasteiger partial charge is 0.300 e. The number of aryl methyl sites for hydroxylation is 1. The highest BCUT2D eigenvalue weighted by molar-refractivity contribution is 6.52. The van der Waals surface area contributed by atoms with Gasteiger partial charge in [-0.3, -0.25) is 14.5 Å². The summed E-state index contributed by atoms with van der Waals surface area (Å²) in [6, 6.07) is 12.6. The van der Waals surface area contributed by atoms with Gasteiger partial charge >= 0.3 is 0 Å². The van der Waals surface area contributed by atoms with Crippen LogP contribution in [0.5, 0.6) is 11.5 Å². The van der Waals surface area contributed by atoms with Crippen molar-refractivity contribution in [3.05, 3.63) is 92.7 Å². The molecule has 0 spiro atoms. The summed E-state index contributed by atoms with van der Waals surface area (Å²) < 4.78 is 25.6. The maximum absolute atomic E-state index is 15.0. The van der Waals surface area contributed by atoms with E-state index < -0.39 is 29.3 Å². The van der Waals surface area contributed by atoms with E-state index in [1.54, 1.807) is 30.3 Å². The second-order valence-electron chi connectivity index (χ2n) is 7.81. The van der Waals surface area contributed by atoms with E-state index in [1.165, 1.54) is 38.5 Å². The number of ether oxygens (including phenoxy) is 2. The summed E-state index contributed by atoms with van der Waals surface area (Å²) in [5.41, 5.74) is 0.934. The zero-order valence-electron chi connectivity index (χ0n) is 18.9. The van der Waals surface area contributed by atoms with Crippen LogP contribution in [0.1, 0.15) is 22.7 Å². The molecule has 1 aliphatic heterocycles. The molecule has 1 fully saturated rings. The maximum atomic E-state index is 15.0. The number of hydrogen-bond acceptors (Lipinski definition) is 5. The van der Waals surface area contributed by atoms with Gasteiger partial charge in [0.25, 0.3) is 11.7 Å². The number of anilines is 1. The van der Waals surface area contributed by atoms with Gasteiger partial charge in [0.15, 0.2) is 11.5 Å². The highest BCUT2D eigenvalue weighted by atomic mass is 35.5. The van der Waals surface area contributed by atoms with Gasteiger partial charge in [-0.05, 0) is 31.2 Å². The Bertz CT molecular complexity index is 1370. The summed E-state index contributed by atoms with van der Waals surface area (Å²) in [5, 5.41) is 11.4. The normalized spacial score (nSPS) is 17.1. The SMILES string of the molecule is COc1c(Cl)cc(/C(O)=C2\C(=O)C(=O)N(c3ccc(C)cc3)C2c2ccccc2F)c(OC)c1Cl. The standard InChI is InChI=1S/C26H20Cl2FNO5/c1-13-8-10-14(11-9-13)30-21(15-6-4-5-7-18(15)29)19(23(32)26(30)33)22(31)16-12-17(27)25(35-3)20(28)24(16)34-2/h4-12,21,31H,1-3H3/b22-19+. The minimum absolute atomic E-state index is 0.0264. The molecule has 1 amide bonds. The first-order chi connectivity index (χ1) is 16.7. The van der Waals surface area contributed by atoms with Crippen LogP contribution in [0.2, 0.25) is 10.0 Å². The van der Waals surface area contributed by atoms with E-state index in [9.17, 15) is 14.7 Å². The average Bonchev–Trinajstić information content (AvgIpc) is 3.09. The van der Waals surface area contributed by atoms with Crippen LogP contribution in [0.3, 0.4) is 0 Å². The van der Waals surface area contributed by atoms with Crippen LogP contribution in [0.15, 0.2) is 60.2 Å². The number of benzene rings is 3. The molecule has 1 unspecified atom stereocenters. The van der Waals surface area contributed by atoms with Crippen LogP contribution in [0, 0.1) is 12.7 Å². The fourth-order valence-corrected chi connectivity index (χ4v) is 4.77. The Morgan fingerprint density at radius 1 is 1.00 bits per heavy atom. The third-order valence-electron chi connectivity index (χ3n) is 5.75. The molecule has 0 radical (unpaired) electrons. The number of carbonyl (C=O) groups is 2.